The minimum Gasteiger partial charge on any atom is -0.353 e. The second-order valence-electron chi connectivity index (χ2n) is 5.89. The summed E-state index contributed by atoms with van der Waals surface area (Å²) in [5.74, 6) is 0.667. The fraction of sp³-hybridized carbons (Fsp3) is 0.923. The van der Waals surface area contributed by atoms with Crippen LogP contribution in [0.25, 0.3) is 0 Å². The third-order valence-corrected chi connectivity index (χ3v) is 4.76. The van der Waals surface area contributed by atoms with Crippen molar-refractivity contribution in [3.05, 3.63) is 0 Å². The van der Waals surface area contributed by atoms with E-state index in [4.69, 9.17) is 0 Å². The lowest BCUT2D eigenvalue weighted by atomic mass is 9.70. The molecule has 0 aromatic carbocycles. The first-order chi connectivity index (χ1) is 7.77. The van der Waals surface area contributed by atoms with Crippen molar-refractivity contribution in [2.24, 2.45) is 5.92 Å². The molecule has 1 atom stereocenters. The fourth-order valence-electron chi connectivity index (χ4n) is 3.25. The largest absolute Gasteiger partial charge is 0.353 e. The number of nitrogens with one attached hydrogen (secondary N) is 2. The van der Waals surface area contributed by atoms with Gasteiger partial charge in [-0.3, -0.25) is 4.79 Å². The van der Waals surface area contributed by atoms with Crippen molar-refractivity contribution in [3.63, 3.8) is 0 Å². The highest BCUT2D eigenvalue weighted by molar-refractivity contribution is 5.79. The van der Waals surface area contributed by atoms with Gasteiger partial charge in [-0.05, 0) is 51.5 Å². The van der Waals surface area contributed by atoms with E-state index in [0.29, 0.717) is 23.4 Å². The van der Waals surface area contributed by atoms with E-state index in [0.717, 1.165) is 32.2 Å². The molecule has 2 aliphatic carbocycles. The molecule has 1 amide bonds. The first-order valence-electron chi connectivity index (χ1n) is 6.83. The average Bonchev–Trinajstić information content (AvgIpc) is 2.12. The van der Waals surface area contributed by atoms with Gasteiger partial charge in [0.1, 0.15) is 0 Å². The number of carbonyl (C=O) groups excluding carboxylic acids is 1. The zero-order chi connectivity index (χ0) is 11.0. The van der Waals surface area contributed by atoms with E-state index in [1.54, 1.807) is 0 Å². The molecule has 1 aliphatic heterocycles. The maximum absolute atomic E-state index is 11.9. The molecule has 90 valence electrons. The Morgan fingerprint density at radius 3 is 2.56 bits per heavy atom. The molecule has 1 saturated heterocycles. The van der Waals surface area contributed by atoms with Crippen LogP contribution in [-0.4, -0.2) is 24.0 Å². The van der Waals surface area contributed by atoms with Gasteiger partial charge in [-0.25, -0.2) is 0 Å². The third kappa shape index (κ3) is 1.86. The van der Waals surface area contributed by atoms with Gasteiger partial charge < -0.3 is 10.6 Å². The highest BCUT2D eigenvalue weighted by Gasteiger charge is 2.41. The molecule has 1 heterocycles. The zero-order valence-electron chi connectivity index (χ0n) is 9.93. The lowest BCUT2D eigenvalue weighted by molar-refractivity contribution is -0.128. The van der Waals surface area contributed by atoms with E-state index in [2.05, 4.69) is 10.6 Å². The number of hydrogen-bond acceptors (Lipinski definition) is 2. The third-order valence-electron chi connectivity index (χ3n) is 4.76. The summed E-state index contributed by atoms with van der Waals surface area (Å²) in [7, 11) is 0. The average molecular weight is 222 g/mol. The van der Waals surface area contributed by atoms with Crippen molar-refractivity contribution in [2.75, 3.05) is 6.54 Å². The Kier molecular flexibility index (Phi) is 2.66. The van der Waals surface area contributed by atoms with Crippen molar-refractivity contribution in [2.45, 2.75) is 62.9 Å². The van der Waals surface area contributed by atoms with Crippen molar-refractivity contribution in [1.29, 1.82) is 0 Å². The molecular weight excluding hydrogens is 200 g/mol. The topological polar surface area (TPSA) is 41.1 Å². The van der Waals surface area contributed by atoms with E-state index in [-0.39, 0.29) is 0 Å². The van der Waals surface area contributed by atoms with Gasteiger partial charge >= 0.3 is 0 Å². The Morgan fingerprint density at radius 2 is 2.00 bits per heavy atom. The molecule has 16 heavy (non-hydrogen) atoms. The smallest absolute Gasteiger partial charge is 0.223 e. The van der Waals surface area contributed by atoms with E-state index >= 15 is 0 Å². The summed E-state index contributed by atoms with van der Waals surface area (Å²) in [4.78, 5) is 11.9. The normalized spacial score (nSPS) is 32.9. The molecule has 3 fully saturated rings. The summed E-state index contributed by atoms with van der Waals surface area (Å²) in [6.45, 7) is 1.08. The lowest BCUT2D eigenvalue weighted by Gasteiger charge is -2.48. The molecule has 2 saturated carbocycles. The number of hydrogen-bond donors (Lipinski definition) is 2. The van der Waals surface area contributed by atoms with Crippen LogP contribution in [0.2, 0.25) is 0 Å². The number of piperidine rings is 1. The minimum absolute atomic E-state index is 0.327. The van der Waals surface area contributed by atoms with Crippen molar-refractivity contribution in [1.82, 2.24) is 10.6 Å². The second kappa shape index (κ2) is 4.02. The van der Waals surface area contributed by atoms with Gasteiger partial charge in [0.2, 0.25) is 5.91 Å². The van der Waals surface area contributed by atoms with Gasteiger partial charge in [0.15, 0.2) is 0 Å². The molecule has 3 nitrogen and oxygen atoms in total. The predicted molar refractivity (Wildman–Crippen MR) is 63.1 cm³/mol. The SMILES string of the molecule is O=C(NC1CCNC2(CCC2)C1)C1CCC1. The van der Waals surface area contributed by atoms with Crippen LogP contribution in [-0.2, 0) is 4.79 Å². The molecule has 0 aromatic rings. The molecule has 2 N–H and O–H groups in total. The monoisotopic (exact) mass is 222 g/mol. The van der Waals surface area contributed by atoms with Crippen LogP contribution >= 0.6 is 0 Å². The molecule has 3 aliphatic rings. The Balaban J connectivity index is 1.52. The van der Waals surface area contributed by atoms with Crippen molar-refractivity contribution >= 4 is 5.91 Å². The van der Waals surface area contributed by atoms with Crippen LogP contribution in [0.1, 0.15) is 51.4 Å². The van der Waals surface area contributed by atoms with E-state index in [9.17, 15) is 4.79 Å². The Morgan fingerprint density at radius 1 is 1.19 bits per heavy atom. The Labute approximate surface area is 97.4 Å². The highest BCUT2D eigenvalue weighted by Crippen LogP contribution is 2.38. The van der Waals surface area contributed by atoms with Crippen LogP contribution in [0, 0.1) is 5.92 Å². The molecule has 1 unspecified atom stereocenters. The Hall–Kier alpha value is -0.570. The van der Waals surface area contributed by atoms with Crippen molar-refractivity contribution in [3.8, 4) is 0 Å². The Bertz CT molecular complexity index is 282. The quantitative estimate of drug-likeness (QED) is 0.745. The van der Waals surface area contributed by atoms with Crippen LogP contribution in [0.4, 0.5) is 0 Å². The molecular formula is C13H22N2O. The van der Waals surface area contributed by atoms with Crippen LogP contribution in [0.15, 0.2) is 0 Å². The first-order valence-corrected chi connectivity index (χ1v) is 6.83. The van der Waals surface area contributed by atoms with E-state index in [1.807, 2.05) is 0 Å². The van der Waals surface area contributed by atoms with Crippen molar-refractivity contribution < 1.29 is 4.79 Å². The van der Waals surface area contributed by atoms with Gasteiger partial charge in [-0.2, -0.15) is 0 Å². The van der Waals surface area contributed by atoms with Gasteiger partial charge in [0, 0.05) is 17.5 Å². The summed E-state index contributed by atoms with van der Waals surface area (Å²) in [6.07, 6.45) is 9.71. The van der Waals surface area contributed by atoms with Crippen LogP contribution in [0.5, 0.6) is 0 Å². The van der Waals surface area contributed by atoms with Crippen LogP contribution in [0.3, 0.4) is 0 Å². The standard InChI is InChI=1S/C13H22N2O/c16-12(10-3-1-4-10)15-11-5-8-14-13(9-11)6-2-7-13/h10-11,14H,1-9H2,(H,15,16). The second-order valence-corrected chi connectivity index (χ2v) is 5.89. The molecule has 0 bridgehead atoms. The summed E-state index contributed by atoms with van der Waals surface area (Å²) in [6, 6.07) is 0.439. The number of amides is 1. The van der Waals surface area contributed by atoms with Gasteiger partial charge in [-0.15, -0.1) is 0 Å². The molecule has 0 radical (unpaired) electrons. The summed E-state index contributed by atoms with van der Waals surface area (Å²) in [5.41, 5.74) is 0.399. The van der Waals surface area contributed by atoms with E-state index < -0.39 is 0 Å². The summed E-state index contributed by atoms with van der Waals surface area (Å²) in [5, 5.41) is 6.91. The first kappa shape index (κ1) is 10.6. The molecule has 3 heteroatoms. The van der Waals surface area contributed by atoms with Crippen LogP contribution < -0.4 is 10.6 Å². The number of rotatable bonds is 2. The fourth-order valence-corrected chi connectivity index (χ4v) is 3.25. The van der Waals surface area contributed by atoms with Gasteiger partial charge in [0.25, 0.3) is 0 Å². The predicted octanol–water partition coefficient (Wildman–Crippen LogP) is 1.58. The van der Waals surface area contributed by atoms with Gasteiger partial charge in [-0.1, -0.05) is 6.42 Å². The maximum atomic E-state index is 11.9. The zero-order valence-corrected chi connectivity index (χ0v) is 9.93. The number of carbonyl (C=O) groups is 1. The highest BCUT2D eigenvalue weighted by atomic mass is 16.2. The summed E-state index contributed by atoms with van der Waals surface area (Å²) >= 11 is 0. The van der Waals surface area contributed by atoms with E-state index in [1.165, 1.54) is 25.7 Å². The minimum atomic E-state index is 0.327. The van der Waals surface area contributed by atoms with Gasteiger partial charge in [0.05, 0.1) is 0 Å². The summed E-state index contributed by atoms with van der Waals surface area (Å²) < 4.78 is 0. The molecule has 1 spiro atoms. The lowest BCUT2D eigenvalue weighted by Crippen LogP contribution is -2.60. The maximum Gasteiger partial charge on any atom is 0.223 e. The molecule has 3 rings (SSSR count). The molecule has 0 aromatic heterocycles.